The Bertz CT molecular complexity index is 849. The molecule has 3 heterocycles. The highest BCUT2D eigenvalue weighted by Gasteiger charge is 2.24. The number of nitrogens with zero attached hydrogens (tertiary/aromatic N) is 3. The minimum atomic E-state index is -0.0409. The summed E-state index contributed by atoms with van der Waals surface area (Å²) in [5.41, 5.74) is 1.20. The van der Waals surface area contributed by atoms with Gasteiger partial charge in [-0.25, -0.2) is 9.97 Å². The van der Waals surface area contributed by atoms with Gasteiger partial charge in [-0.15, -0.1) is 11.3 Å². The molecule has 0 aromatic carbocycles. The third-order valence-corrected chi connectivity index (χ3v) is 6.68. The number of rotatable bonds is 4. The van der Waals surface area contributed by atoms with Crippen molar-refractivity contribution >= 4 is 45.1 Å². The van der Waals surface area contributed by atoms with Gasteiger partial charge < -0.3 is 10.2 Å². The van der Waals surface area contributed by atoms with E-state index in [1.807, 2.05) is 11.8 Å². The number of thioether (sulfide) groups is 1. The van der Waals surface area contributed by atoms with Crippen LogP contribution in [0.15, 0.2) is 5.03 Å². The summed E-state index contributed by atoms with van der Waals surface area (Å²) < 4.78 is 0. The molecule has 26 heavy (non-hydrogen) atoms. The van der Waals surface area contributed by atoms with Crippen LogP contribution < -0.4 is 5.32 Å². The average Bonchev–Trinajstić information content (AvgIpc) is 2.86. The number of hydrogen-bond acceptors (Lipinski definition) is 6. The molecule has 0 bridgehead atoms. The van der Waals surface area contributed by atoms with Crippen molar-refractivity contribution in [2.24, 2.45) is 0 Å². The van der Waals surface area contributed by atoms with Gasteiger partial charge in [-0.05, 0) is 39.2 Å². The van der Waals surface area contributed by atoms with Crippen LogP contribution in [0.1, 0.15) is 36.0 Å². The molecule has 1 atom stereocenters. The highest BCUT2D eigenvalue weighted by Crippen LogP contribution is 2.35. The smallest absolute Gasteiger partial charge is 0.233 e. The van der Waals surface area contributed by atoms with E-state index in [-0.39, 0.29) is 17.9 Å². The molecule has 0 radical (unpaired) electrons. The summed E-state index contributed by atoms with van der Waals surface area (Å²) in [6.45, 7) is 8.93. The molecule has 2 aromatic heterocycles. The molecule has 3 rings (SSSR count). The van der Waals surface area contributed by atoms with Gasteiger partial charge in [-0.2, -0.15) is 0 Å². The number of carbonyl (C=O) groups is 2. The third-order valence-electron chi connectivity index (χ3n) is 4.62. The number of amides is 2. The van der Waals surface area contributed by atoms with Gasteiger partial charge in [0.25, 0.3) is 0 Å². The first kappa shape index (κ1) is 19.1. The van der Waals surface area contributed by atoms with Gasteiger partial charge in [0.15, 0.2) is 0 Å². The van der Waals surface area contributed by atoms with E-state index in [2.05, 4.69) is 29.1 Å². The molecule has 2 aromatic rings. The fourth-order valence-corrected chi connectivity index (χ4v) is 5.42. The molecular formula is C18H24N4O2S2. The first-order chi connectivity index (χ1) is 12.3. The van der Waals surface area contributed by atoms with Crippen molar-refractivity contribution in [2.75, 3.05) is 18.8 Å². The predicted molar refractivity (Wildman–Crippen MR) is 106 cm³/mol. The Balaban J connectivity index is 1.70. The quantitative estimate of drug-likeness (QED) is 0.640. The fourth-order valence-electron chi connectivity index (χ4n) is 3.25. The second kappa shape index (κ2) is 7.92. The number of aryl methyl sites for hydroxylation is 3. The molecule has 1 N–H and O–H groups in total. The van der Waals surface area contributed by atoms with E-state index in [0.717, 1.165) is 40.5 Å². The number of carbonyl (C=O) groups excluding carboxylic acids is 2. The highest BCUT2D eigenvalue weighted by atomic mass is 32.2. The largest absolute Gasteiger partial charge is 0.352 e. The normalized spacial score (nSPS) is 17.5. The molecule has 2 amide bonds. The van der Waals surface area contributed by atoms with Crippen molar-refractivity contribution in [1.82, 2.24) is 20.2 Å². The lowest BCUT2D eigenvalue weighted by molar-refractivity contribution is -0.130. The molecule has 1 fully saturated rings. The summed E-state index contributed by atoms with van der Waals surface area (Å²) in [4.78, 5) is 37.1. The fraction of sp³-hybridized carbons (Fsp3) is 0.556. The Morgan fingerprint density at radius 3 is 2.81 bits per heavy atom. The Kier molecular flexibility index (Phi) is 5.82. The highest BCUT2D eigenvalue weighted by molar-refractivity contribution is 8.00. The van der Waals surface area contributed by atoms with Gasteiger partial charge in [-0.1, -0.05) is 11.8 Å². The van der Waals surface area contributed by atoms with E-state index in [4.69, 9.17) is 0 Å². The van der Waals surface area contributed by atoms with Crippen LogP contribution in [-0.2, 0) is 9.59 Å². The number of hydrogen-bond donors (Lipinski definition) is 1. The van der Waals surface area contributed by atoms with Gasteiger partial charge in [-0.3, -0.25) is 9.59 Å². The molecule has 1 aliphatic heterocycles. The molecule has 140 valence electrons. The second-order valence-electron chi connectivity index (χ2n) is 6.71. The Morgan fingerprint density at radius 1 is 1.31 bits per heavy atom. The summed E-state index contributed by atoms with van der Waals surface area (Å²) in [6, 6.07) is 0.0602. The maximum Gasteiger partial charge on any atom is 0.233 e. The van der Waals surface area contributed by atoms with Gasteiger partial charge in [0.1, 0.15) is 15.7 Å². The lowest BCUT2D eigenvalue weighted by atomic mass is 10.1. The summed E-state index contributed by atoms with van der Waals surface area (Å²) in [5.74, 6) is 1.14. The Morgan fingerprint density at radius 2 is 2.08 bits per heavy atom. The number of fused-ring (bicyclic) bond motifs is 1. The number of thiophene rings is 1. The number of nitrogens with one attached hydrogen (secondary N) is 1. The van der Waals surface area contributed by atoms with Crippen LogP contribution in [0.3, 0.4) is 0 Å². The minimum Gasteiger partial charge on any atom is -0.352 e. The van der Waals surface area contributed by atoms with Crippen LogP contribution in [0.25, 0.3) is 10.2 Å². The van der Waals surface area contributed by atoms with Crippen molar-refractivity contribution in [1.29, 1.82) is 0 Å². The molecule has 0 saturated carbocycles. The average molecular weight is 393 g/mol. The Hall–Kier alpha value is -1.67. The molecule has 0 spiro atoms. The van der Waals surface area contributed by atoms with E-state index >= 15 is 0 Å². The number of piperidine rings is 1. The zero-order valence-electron chi connectivity index (χ0n) is 15.6. The van der Waals surface area contributed by atoms with Crippen molar-refractivity contribution in [3.8, 4) is 0 Å². The van der Waals surface area contributed by atoms with Gasteiger partial charge in [0.05, 0.1) is 5.75 Å². The summed E-state index contributed by atoms with van der Waals surface area (Å²) in [5, 5.41) is 4.89. The maximum atomic E-state index is 12.7. The van der Waals surface area contributed by atoms with Crippen LogP contribution >= 0.6 is 23.1 Å². The van der Waals surface area contributed by atoms with Gasteiger partial charge >= 0.3 is 0 Å². The van der Waals surface area contributed by atoms with E-state index in [1.165, 1.54) is 29.1 Å². The minimum absolute atomic E-state index is 0.0409. The lowest BCUT2D eigenvalue weighted by Gasteiger charge is -2.33. The molecule has 1 aliphatic rings. The van der Waals surface area contributed by atoms with E-state index < -0.39 is 0 Å². The summed E-state index contributed by atoms with van der Waals surface area (Å²) in [7, 11) is 0. The van der Waals surface area contributed by atoms with Gasteiger partial charge in [0.2, 0.25) is 11.8 Å². The predicted octanol–water partition coefficient (Wildman–Crippen LogP) is 2.84. The van der Waals surface area contributed by atoms with E-state index in [1.54, 1.807) is 11.3 Å². The molecule has 1 saturated heterocycles. The van der Waals surface area contributed by atoms with E-state index in [0.29, 0.717) is 12.3 Å². The topological polar surface area (TPSA) is 75.2 Å². The molecule has 8 heteroatoms. The van der Waals surface area contributed by atoms with Crippen LogP contribution in [0.2, 0.25) is 0 Å². The van der Waals surface area contributed by atoms with Crippen molar-refractivity contribution in [2.45, 2.75) is 51.6 Å². The van der Waals surface area contributed by atoms with E-state index in [9.17, 15) is 9.59 Å². The van der Waals surface area contributed by atoms with Crippen molar-refractivity contribution in [3.05, 3.63) is 16.3 Å². The third kappa shape index (κ3) is 4.17. The zero-order valence-corrected chi connectivity index (χ0v) is 17.2. The first-order valence-electron chi connectivity index (χ1n) is 8.77. The van der Waals surface area contributed by atoms with Crippen molar-refractivity contribution < 1.29 is 9.59 Å². The molecule has 1 unspecified atom stereocenters. The van der Waals surface area contributed by atoms with Crippen LogP contribution in [0.4, 0.5) is 0 Å². The number of likely N-dealkylation sites (tertiary alicyclic amines) is 1. The zero-order chi connectivity index (χ0) is 18.8. The molecular weight excluding hydrogens is 368 g/mol. The molecule has 6 nitrogen and oxygen atoms in total. The van der Waals surface area contributed by atoms with Crippen molar-refractivity contribution in [3.63, 3.8) is 0 Å². The second-order valence-corrected chi connectivity index (χ2v) is 8.87. The number of aromatic nitrogens is 2. The SMILES string of the molecule is CC(=O)NC1CCCN(C(=O)CSc2nc(C)nc3sc(C)c(C)c23)C1. The first-order valence-corrected chi connectivity index (χ1v) is 10.6. The monoisotopic (exact) mass is 392 g/mol. The summed E-state index contributed by atoms with van der Waals surface area (Å²) >= 11 is 3.16. The van der Waals surface area contributed by atoms with Crippen LogP contribution in [0.5, 0.6) is 0 Å². The summed E-state index contributed by atoms with van der Waals surface area (Å²) in [6.07, 6.45) is 1.84. The molecule has 0 aliphatic carbocycles. The van der Waals surface area contributed by atoms with Gasteiger partial charge in [0, 0.05) is 36.3 Å². The standard InChI is InChI=1S/C18H24N4O2S2/c1-10-11(2)26-18-16(10)17(19-12(3)20-18)25-9-15(24)22-7-5-6-14(8-22)21-13(4)23/h14H,5-9H2,1-4H3,(H,21,23). The lowest BCUT2D eigenvalue weighted by Crippen LogP contribution is -2.49. The Labute approximate surface area is 161 Å². The maximum absolute atomic E-state index is 12.7. The van der Waals surface area contributed by atoms with Crippen LogP contribution in [0, 0.1) is 20.8 Å². The van der Waals surface area contributed by atoms with Crippen LogP contribution in [-0.4, -0.2) is 51.6 Å².